The predicted molar refractivity (Wildman–Crippen MR) is 60.7 cm³/mol. The highest BCUT2D eigenvalue weighted by molar-refractivity contribution is 5.82. The molecule has 4 nitrogen and oxygen atoms in total. The fourth-order valence-corrected chi connectivity index (χ4v) is 0.866. The lowest BCUT2D eigenvalue weighted by molar-refractivity contribution is -0.159. The maximum atomic E-state index is 11.1. The Hall–Kier alpha value is -1.58. The average Bonchev–Trinajstić information content (AvgIpc) is 2.21. The average molecular weight is 226 g/mol. The third kappa shape index (κ3) is 5.34. The van der Waals surface area contributed by atoms with Crippen molar-refractivity contribution in [2.75, 3.05) is 6.61 Å². The summed E-state index contributed by atoms with van der Waals surface area (Å²) in [7, 11) is 0. The van der Waals surface area contributed by atoms with Crippen LogP contribution in [-0.4, -0.2) is 24.6 Å². The van der Waals surface area contributed by atoms with Crippen LogP contribution in [0.2, 0.25) is 0 Å². The minimum absolute atomic E-state index is 0.00787. The van der Waals surface area contributed by atoms with Gasteiger partial charge in [-0.15, -0.1) is 0 Å². The second-order valence-electron chi connectivity index (χ2n) is 4.33. The Kier molecular flexibility index (Phi) is 5.50. The Bertz CT molecular complexity index is 286. The number of esters is 2. The molecule has 0 amide bonds. The fraction of sp³-hybridized carbons (Fsp3) is 0.500. The zero-order valence-corrected chi connectivity index (χ0v) is 9.99. The Morgan fingerprint density at radius 1 is 1.19 bits per heavy atom. The molecule has 0 aromatic heterocycles. The van der Waals surface area contributed by atoms with Crippen LogP contribution in [-0.2, 0) is 19.1 Å². The first-order chi connectivity index (χ1) is 7.31. The normalized spacial score (nSPS) is 12.4. The van der Waals surface area contributed by atoms with Gasteiger partial charge in [-0.3, -0.25) is 0 Å². The van der Waals surface area contributed by atoms with Gasteiger partial charge in [0.25, 0.3) is 0 Å². The van der Waals surface area contributed by atoms with Gasteiger partial charge in [0, 0.05) is 17.6 Å². The number of rotatable bonds is 5. The largest absolute Gasteiger partial charge is 0.459 e. The van der Waals surface area contributed by atoms with Crippen LogP contribution in [0.5, 0.6) is 0 Å². The molecule has 0 saturated carbocycles. The molecule has 0 N–H and O–H groups in total. The first kappa shape index (κ1) is 14.4. The van der Waals surface area contributed by atoms with E-state index in [-0.39, 0.29) is 12.0 Å². The van der Waals surface area contributed by atoms with Crippen molar-refractivity contribution in [1.29, 1.82) is 0 Å². The van der Waals surface area contributed by atoms with Crippen LogP contribution in [0.15, 0.2) is 25.3 Å². The summed E-state index contributed by atoms with van der Waals surface area (Å²) >= 11 is 0. The summed E-state index contributed by atoms with van der Waals surface area (Å²) < 4.78 is 9.95. The molecule has 0 aliphatic carbocycles. The van der Waals surface area contributed by atoms with Crippen molar-refractivity contribution in [1.82, 2.24) is 0 Å². The highest BCUT2D eigenvalue weighted by Gasteiger charge is 2.28. The van der Waals surface area contributed by atoms with Crippen LogP contribution >= 0.6 is 0 Å². The van der Waals surface area contributed by atoms with E-state index in [0.29, 0.717) is 0 Å². The van der Waals surface area contributed by atoms with E-state index in [0.717, 1.165) is 12.2 Å². The maximum Gasteiger partial charge on any atom is 0.330 e. The monoisotopic (exact) mass is 226 g/mol. The molecule has 0 aliphatic rings. The van der Waals surface area contributed by atoms with Crippen molar-refractivity contribution >= 4 is 11.9 Å². The third-order valence-electron chi connectivity index (χ3n) is 1.93. The Labute approximate surface area is 95.9 Å². The zero-order valence-electron chi connectivity index (χ0n) is 9.99. The van der Waals surface area contributed by atoms with Crippen LogP contribution in [0.3, 0.4) is 0 Å². The number of carbonyl (C=O) groups excluding carboxylic acids is 2. The van der Waals surface area contributed by atoms with E-state index in [1.807, 2.05) is 20.8 Å². The van der Waals surface area contributed by atoms with Gasteiger partial charge in [-0.05, 0) is 0 Å². The molecule has 0 bridgehead atoms. The lowest BCUT2D eigenvalue weighted by atomic mass is 9.89. The number of hydrogen-bond donors (Lipinski definition) is 0. The van der Waals surface area contributed by atoms with Gasteiger partial charge in [0.05, 0.1) is 0 Å². The van der Waals surface area contributed by atoms with Gasteiger partial charge in [0.15, 0.2) is 0 Å². The molecular weight excluding hydrogens is 208 g/mol. The second kappa shape index (κ2) is 6.10. The van der Waals surface area contributed by atoms with Gasteiger partial charge in [0.2, 0.25) is 0 Å². The van der Waals surface area contributed by atoms with Crippen molar-refractivity contribution in [3.05, 3.63) is 25.3 Å². The molecule has 0 saturated heterocycles. The molecule has 1 atom stereocenters. The predicted octanol–water partition coefficient (Wildman–Crippen LogP) is 1.86. The molecule has 0 spiro atoms. The first-order valence-corrected chi connectivity index (χ1v) is 4.93. The Morgan fingerprint density at radius 3 is 2.06 bits per heavy atom. The number of carbonyl (C=O) groups is 2. The summed E-state index contributed by atoms with van der Waals surface area (Å²) in [4.78, 5) is 22.0. The van der Waals surface area contributed by atoms with Crippen molar-refractivity contribution < 1.29 is 19.1 Å². The second-order valence-corrected chi connectivity index (χ2v) is 4.33. The minimum atomic E-state index is -0.538. The van der Waals surface area contributed by atoms with E-state index in [2.05, 4.69) is 13.2 Å². The van der Waals surface area contributed by atoms with E-state index in [4.69, 9.17) is 9.47 Å². The quantitative estimate of drug-likeness (QED) is 0.530. The van der Waals surface area contributed by atoms with Crippen LogP contribution in [0.25, 0.3) is 0 Å². The van der Waals surface area contributed by atoms with Crippen molar-refractivity contribution in [3.8, 4) is 0 Å². The first-order valence-electron chi connectivity index (χ1n) is 4.93. The van der Waals surface area contributed by atoms with Gasteiger partial charge < -0.3 is 9.47 Å². The van der Waals surface area contributed by atoms with E-state index in [1.165, 1.54) is 0 Å². The van der Waals surface area contributed by atoms with Gasteiger partial charge in [0.1, 0.15) is 12.7 Å². The molecule has 90 valence electrons. The molecular formula is C12H18O4. The van der Waals surface area contributed by atoms with E-state index in [9.17, 15) is 9.59 Å². The van der Waals surface area contributed by atoms with E-state index in [1.54, 1.807) is 0 Å². The molecule has 0 aromatic carbocycles. The minimum Gasteiger partial charge on any atom is -0.459 e. The molecule has 16 heavy (non-hydrogen) atoms. The van der Waals surface area contributed by atoms with Gasteiger partial charge >= 0.3 is 11.9 Å². The smallest absolute Gasteiger partial charge is 0.330 e. The van der Waals surface area contributed by atoms with Gasteiger partial charge in [-0.1, -0.05) is 33.9 Å². The summed E-state index contributed by atoms with van der Waals surface area (Å²) in [6.07, 6.45) is 1.63. The SMILES string of the molecule is C=CC(=O)OCC(OC(=O)C=C)C(C)(C)C. The Balaban J connectivity index is 4.44. The fourth-order valence-electron chi connectivity index (χ4n) is 0.866. The molecule has 1 unspecified atom stereocenters. The molecule has 4 heteroatoms. The molecule has 0 heterocycles. The Morgan fingerprint density at radius 2 is 1.69 bits per heavy atom. The number of hydrogen-bond acceptors (Lipinski definition) is 4. The van der Waals surface area contributed by atoms with E-state index < -0.39 is 18.0 Å². The molecule has 0 aromatic rings. The van der Waals surface area contributed by atoms with Crippen LogP contribution < -0.4 is 0 Å². The van der Waals surface area contributed by atoms with Crippen molar-refractivity contribution in [3.63, 3.8) is 0 Å². The van der Waals surface area contributed by atoms with Gasteiger partial charge in [-0.2, -0.15) is 0 Å². The summed E-state index contributed by atoms with van der Waals surface area (Å²) in [5.41, 5.74) is -0.319. The summed E-state index contributed by atoms with van der Waals surface area (Å²) in [6, 6.07) is 0. The summed E-state index contributed by atoms with van der Waals surface area (Å²) in [6.45, 7) is 12.3. The molecule has 0 rings (SSSR count). The maximum absolute atomic E-state index is 11.1. The molecule has 0 fully saturated rings. The molecule has 0 radical (unpaired) electrons. The highest BCUT2D eigenvalue weighted by Crippen LogP contribution is 2.22. The molecule has 0 aliphatic heterocycles. The lowest BCUT2D eigenvalue weighted by Crippen LogP contribution is -2.36. The highest BCUT2D eigenvalue weighted by atomic mass is 16.6. The van der Waals surface area contributed by atoms with Crippen LogP contribution in [0, 0.1) is 5.41 Å². The van der Waals surface area contributed by atoms with Crippen molar-refractivity contribution in [2.24, 2.45) is 5.41 Å². The van der Waals surface area contributed by atoms with Crippen LogP contribution in [0.4, 0.5) is 0 Å². The van der Waals surface area contributed by atoms with Crippen molar-refractivity contribution in [2.45, 2.75) is 26.9 Å². The van der Waals surface area contributed by atoms with Crippen LogP contribution in [0.1, 0.15) is 20.8 Å². The number of ether oxygens (including phenoxy) is 2. The summed E-state index contributed by atoms with van der Waals surface area (Å²) in [5.74, 6) is -1.07. The topological polar surface area (TPSA) is 52.6 Å². The zero-order chi connectivity index (χ0) is 12.8. The summed E-state index contributed by atoms with van der Waals surface area (Å²) in [5, 5.41) is 0. The van der Waals surface area contributed by atoms with E-state index >= 15 is 0 Å². The third-order valence-corrected chi connectivity index (χ3v) is 1.93. The lowest BCUT2D eigenvalue weighted by Gasteiger charge is -2.29. The standard InChI is InChI=1S/C12H18O4/c1-6-10(13)15-8-9(12(3,4)5)16-11(14)7-2/h6-7,9H,1-2,8H2,3-5H3. The van der Waals surface area contributed by atoms with Gasteiger partial charge in [-0.25, -0.2) is 9.59 Å².